The molecule has 202 valence electrons. The molecule has 0 aliphatic heterocycles. The largest absolute Gasteiger partial charge is 0.543 e. The Balaban J connectivity index is 3.92. The molecule has 0 spiro atoms. The van der Waals surface area contributed by atoms with Crippen molar-refractivity contribution < 1.29 is 23.5 Å². The van der Waals surface area contributed by atoms with Gasteiger partial charge in [-0.15, -0.1) is 0 Å². The topological polar surface area (TPSA) is 61.8 Å². The lowest BCUT2D eigenvalue weighted by molar-refractivity contribution is -0.164. The van der Waals surface area contributed by atoms with Crippen LogP contribution >= 0.6 is 0 Å². The Morgan fingerprint density at radius 2 is 1.43 bits per heavy atom. The Hall–Kier alpha value is -3.04. The highest BCUT2D eigenvalue weighted by molar-refractivity contribution is 6.77. The van der Waals surface area contributed by atoms with Crippen LogP contribution < -0.4 is 0 Å². The third-order valence-corrected chi connectivity index (χ3v) is 12.6. The number of ether oxygens (including phenoxy) is 2. The van der Waals surface area contributed by atoms with Crippen LogP contribution in [0.4, 0.5) is 0 Å². The number of methoxy groups -OCH3 is 2. The van der Waals surface area contributed by atoms with Crippen LogP contribution in [0.2, 0.25) is 16.6 Å². The van der Waals surface area contributed by atoms with Crippen molar-refractivity contribution in [3.05, 3.63) is 65.5 Å². The summed E-state index contributed by atoms with van der Waals surface area (Å²) >= 11 is 0. The molecule has 0 aliphatic rings. The average Bonchev–Trinajstić information content (AvgIpc) is 2.85. The molecule has 0 radical (unpaired) electrons. The van der Waals surface area contributed by atoms with E-state index in [0.29, 0.717) is 5.76 Å². The van der Waals surface area contributed by atoms with E-state index in [1.54, 1.807) is 12.2 Å². The summed E-state index contributed by atoms with van der Waals surface area (Å²) in [5.74, 6) is 4.83. The molecule has 0 saturated carbocycles. The average molecular weight is 525 g/mol. The van der Waals surface area contributed by atoms with Crippen LogP contribution in [0, 0.1) is 17.3 Å². The number of carbonyl (C=O) groups excluding carboxylic acids is 2. The van der Waals surface area contributed by atoms with Crippen molar-refractivity contribution in [2.45, 2.75) is 78.4 Å². The van der Waals surface area contributed by atoms with Gasteiger partial charge in [0.25, 0.3) is 8.32 Å². The first-order valence-electron chi connectivity index (χ1n) is 12.8. The maximum absolute atomic E-state index is 13.2. The van der Waals surface area contributed by atoms with Crippen molar-refractivity contribution in [3.63, 3.8) is 0 Å². The molecule has 0 bridgehead atoms. The molecule has 5 nitrogen and oxygen atoms in total. The smallest absolute Gasteiger partial charge is 0.328 e. The fourth-order valence-corrected chi connectivity index (χ4v) is 10.0. The number of benzene rings is 1. The van der Waals surface area contributed by atoms with Crippen molar-refractivity contribution in [2.75, 3.05) is 14.2 Å². The Labute approximate surface area is 225 Å². The van der Waals surface area contributed by atoms with E-state index >= 15 is 0 Å². The second kappa shape index (κ2) is 14.6. The van der Waals surface area contributed by atoms with E-state index in [2.05, 4.69) is 53.4 Å². The van der Waals surface area contributed by atoms with E-state index in [1.165, 1.54) is 14.2 Å². The van der Waals surface area contributed by atoms with E-state index in [0.717, 1.165) is 11.1 Å². The second-order valence-corrected chi connectivity index (χ2v) is 15.8. The van der Waals surface area contributed by atoms with Gasteiger partial charge >= 0.3 is 11.9 Å². The number of hydrogen-bond acceptors (Lipinski definition) is 5. The summed E-state index contributed by atoms with van der Waals surface area (Å²) in [6, 6.07) is 9.80. The van der Waals surface area contributed by atoms with Crippen LogP contribution in [0.1, 0.15) is 67.4 Å². The van der Waals surface area contributed by atoms with E-state index in [9.17, 15) is 9.59 Å². The van der Waals surface area contributed by atoms with Crippen LogP contribution in [0.5, 0.6) is 0 Å². The summed E-state index contributed by atoms with van der Waals surface area (Å²) in [6.45, 7) is 17.0. The van der Waals surface area contributed by atoms with Gasteiger partial charge in [0.1, 0.15) is 5.76 Å². The SMILES string of the molecule is COC(=O)C(/C=C(/C=C/c1ccccc1)O[Si](C(C)C)(C(C)C)C(C)C)(CC#CC=C(C)C)C(=O)OC. The van der Waals surface area contributed by atoms with Crippen molar-refractivity contribution in [1.29, 1.82) is 0 Å². The highest BCUT2D eigenvalue weighted by atomic mass is 28.4. The lowest BCUT2D eigenvalue weighted by Gasteiger charge is -2.43. The summed E-state index contributed by atoms with van der Waals surface area (Å²) in [7, 11) is 0.0732. The summed E-state index contributed by atoms with van der Waals surface area (Å²) in [4.78, 5) is 26.4. The van der Waals surface area contributed by atoms with E-state index in [1.807, 2.05) is 56.3 Å². The van der Waals surface area contributed by atoms with Gasteiger partial charge in [0.2, 0.25) is 0 Å². The Morgan fingerprint density at radius 3 is 1.86 bits per heavy atom. The third-order valence-electron chi connectivity index (χ3n) is 6.56. The minimum atomic E-state index is -2.44. The molecule has 0 unspecified atom stereocenters. The molecule has 1 aromatic carbocycles. The second-order valence-electron chi connectivity index (χ2n) is 10.4. The number of allylic oxidation sites excluding steroid dienone is 3. The minimum Gasteiger partial charge on any atom is -0.543 e. The molecule has 6 heteroatoms. The molecule has 1 aromatic rings. The van der Waals surface area contributed by atoms with E-state index in [-0.39, 0.29) is 23.0 Å². The third kappa shape index (κ3) is 8.23. The van der Waals surface area contributed by atoms with Crippen molar-refractivity contribution in [2.24, 2.45) is 5.41 Å². The standard InChI is InChI=1S/C31H44O5Si/c1-23(2)16-14-15-21-31(29(32)34-9,30(33)35-10)22-28(20-19-27-17-12-11-13-18-27)36-37(24(3)4,25(5)6)26(7)8/h11-13,16-20,22,24-26H,21H2,1-10H3/b20-19+,28-22-. The predicted octanol–water partition coefficient (Wildman–Crippen LogP) is 7.47. The lowest BCUT2D eigenvalue weighted by atomic mass is 9.83. The Kier molecular flexibility index (Phi) is 12.7. The molecule has 0 heterocycles. The normalized spacial score (nSPS) is 12.4. The Morgan fingerprint density at radius 1 is 0.919 bits per heavy atom. The first kappa shape index (κ1) is 32.0. The molecular weight excluding hydrogens is 480 g/mol. The molecular formula is C31H44O5Si. The molecule has 0 aliphatic carbocycles. The zero-order valence-corrected chi connectivity index (χ0v) is 25.2. The number of esters is 2. The van der Waals surface area contributed by atoms with Gasteiger partial charge in [-0.3, -0.25) is 9.59 Å². The van der Waals surface area contributed by atoms with Gasteiger partial charge in [0.05, 0.1) is 14.2 Å². The van der Waals surface area contributed by atoms with Gasteiger partial charge in [-0.1, -0.05) is 95.4 Å². The molecule has 0 N–H and O–H groups in total. The van der Waals surface area contributed by atoms with Gasteiger partial charge in [0, 0.05) is 6.42 Å². The maximum atomic E-state index is 13.2. The molecule has 37 heavy (non-hydrogen) atoms. The van der Waals surface area contributed by atoms with Crippen LogP contribution in [-0.4, -0.2) is 34.5 Å². The van der Waals surface area contributed by atoms with Crippen LogP contribution in [-0.2, 0) is 23.5 Å². The van der Waals surface area contributed by atoms with Crippen LogP contribution in [0.15, 0.2) is 59.9 Å². The van der Waals surface area contributed by atoms with Crippen LogP contribution in [0.25, 0.3) is 6.08 Å². The Bertz CT molecular complexity index is 1010. The highest BCUT2D eigenvalue weighted by Crippen LogP contribution is 2.44. The molecule has 1 rings (SSSR count). The number of carbonyl (C=O) groups is 2. The first-order chi connectivity index (χ1) is 17.4. The summed E-state index contributed by atoms with van der Waals surface area (Å²) in [5, 5.41) is 0. The molecule has 0 amide bonds. The van der Waals surface area contributed by atoms with Crippen LogP contribution in [0.3, 0.4) is 0 Å². The molecule has 0 aromatic heterocycles. The zero-order valence-electron chi connectivity index (χ0n) is 24.2. The molecule has 0 fully saturated rings. The summed E-state index contributed by atoms with van der Waals surface area (Å²) in [5.41, 5.74) is 1.04. The van der Waals surface area contributed by atoms with E-state index < -0.39 is 25.7 Å². The quantitative estimate of drug-likeness (QED) is 0.0750. The van der Waals surface area contributed by atoms with Crippen molar-refractivity contribution in [3.8, 4) is 11.8 Å². The van der Waals surface area contributed by atoms with Crippen molar-refractivity contribution >= 4 is 26.3 Å². The van der Waals surface area contributed by atoms with Gasteiger partial charge < -0.3 is 13.9 Å². The zero-order chi connectivity index (χ0) is 28.2. The van der Waals surface area contributed by atoms with E-state index in [4.69, 9.17) is 13.9 Å². The number of rotatable bonds is 11. The van der Waals surface area contributed by atoms with Gasteiger partial charge in [0.15, 0.2) is 5.41 Å². The molecule has 0 saturated heterocycles. The highest BCUT2D eigenvalue weighted by Gasteiger charge is 2.50. The minimum absolute atomic E-state index is 0.109. The predicted molar refractivity (Wildman–Crippen MR) is 154 cm³/mol. The number of hydrogen-bond donors (Lipinski definition) is 0. The fraction of sp³-hybridized carbons (Fsp3) is 0.484. The van der Waals surface area contributed by atoms with Gasteiger partial charge in [-0.2, -0.15) is 0 Å². The lowest BCUT2D eigenvalue weighted by Crippen LogP contribution is -2.48. The molecule has 0 atom stereocenters. The maximum Gasteiger partial charge on any atom is 0.328 e. The monoisotopic (exact) mass is 524 g/mol. The summed E-state index contributed by atoms with van der Waals surface area (Å²) in [6.07, 6.45) is 6.93. The summed E-state index contributed by atoms with van der Waals surface area (Å²) < 4.78 is 17.2. The van der Waals surface area contributed by atoms with Crippen molar-refractivity contribution in [1.82, 2.24) is 0 Å². The van der Waals surface area contributed by atoms with Gasteiger partial charge in [-0.05, 0) is 54.3 Å². The van der Waals surface area contributed by atoms with Gasteiger partial charge in [-0.25, -0.2) is 0 Å². The fourth-order valence-electron chi connectivity index (χ4n) is 4.80. The first-order valence-corrected chi connectivity index (χ1v) is 14.9.